The maximum atomic E-state index is 13.1. The zero-order valence-electron chi connectivity index (χ0n) is 15.0. The molecule has 0 saturated heterocycles. The number of sulfone groups is 1. The molecule has 0 unspecified atom stereocenters. The maximum Gasteiger partial charge on any atom is 0.207 e. The molecule has 0 bridgehead atoms. The molecule has 6 rings (SSSR count). The van der Waals surface area contributed by atoms with Gasteiger partial charge in [-0.25, -0.2) is 8.42 Å². The van der Waals surface area contributed by atoms with E-state index in [9.17, 15) is 8.42 Å². The SMILES string of the molecule is O=S1(=O)c2cc(Br)ccc2-c2ccc(-c3ccc4oc5ccccc5c4c3)cc21. The number of hydrogen-bond acceptors (Lipinski definition) is 3. The number of furan rings is 1. The fraction of sp³-hybridized carbons (Fsp3) is 0. The predicted molar refractivity (Wildman–Crippen MR) is 118 cm³/mol. The van der Waals surface area contributed by atoms with Crippen LogP contribution in [-0.2, 0) is 9.84 Å². The summed E-state index contributed by atoms with van der Waals surface area (Å²) in [5.41, 5.74) is 5.00. The molecule has 0 fully saturated rings. The van der Waals surface area contributed by atoms with Crippen molar-refractivity contribution < 1.29 is 12.8 Å². The van der Waals surface area contributed by atoms with E-state index < -0.39 is 9.84 Å². The highest BCUT2D eigenvalue weighted by Crippen LogP contribution is 2.45. The fourth-order valence-corrected chi connectivity index (χ4v) is 6.36. The van der Waals surface area contributed by atoms with Crippen molar-refractivity contribution in [1.82, 2.24) is 0 Å². The molecule has 1 aliphatic heterocycles. The van der Waals surface area contributed by atoms with Gasteiger partial charge in [0.2, 0.25) is 9.84 Å². The Labute approximate surface area is 175 Å². The smallest absolute Gasteiger partial charge is 0.207 e. The molecule has 0 saturated carbocycles. The number of fused-ring (bicyclic) bond motifs is 6. The van der Waals surface area contributed by atoms with Crippen LogP contribution in [0, 0.1) is 0 Å². The minimum atomic E-state index is -3.53. The van der Waals surface area contributed by atoms with Crippen LogP contribution in [0.5, 0.6) is 0 Å². The van der Waals surface area contributed by atoms with Gasteiger partial charge in [-0.3, -0.25) is 0 Å². The van der Waals surface area contributed by atoms with Crippen LogP contribution < -0.4 is 0 Å². The van der Waals surface area contributed by atoms with Crippen LogP contribution in [0.3, 0.4) is 0 Å². The normalized spacial score (nSPS) is 14.2. The van der Waals surface area contributed by atoms with Gasteiger partial charge in [-0.15, -0.1) is 0 Å². The average molecular weight is 461 g/mol. The van der Waals surface area contributed by atoms with Crippen molar-refractivity contribution in [3.63, 3.8) is 0 Å². The maximum absolute atomic E-state index is 13.1. The van der Waals surface area contributed by atoms with Crippen LogP contribution in [0.4, 0.5) is 0 Å². The van der Waals surface area contributed by atoms with E-state index in [-0.39, 0.29) is 0 Å². The third-order valence-corrected chi connectivity index (χ3v) is 7.83. The van der Waals surface area contributed by atoms with Crippen molar-refractivity contribution in [2.24, 2.45) is 0 Å². The highest BCUT2D eigenvalue weighted by atomic mass is 79.9. The van der Waals surface area contributed by atoms with E-state index in [2.05, 4.69) is 22.0 Å². The Morgan fingerprint density at radius 1 is 0.655 bits per heavy atom. The lowest BCUT2D eigenvalue weighted by Gasteiger charge is -2.05. The first-order chi connectivity index (χ1) is 14.0. The quantitative estimate of drug-likeness (QED) is 0.270. The van der Waals surface area contributed by atoms with Crippen molar-refractivity contribution in [2.45, 2.75) is 9.79 Å². The van der Waals surface area contributed by atoms with E-state index in [0.29, 0.717) is 9.79 Å². The zero-order chi connectivity index (χ0) is 19.8. The second-order valence-electron chi connectivity index (χ2n) is 7.16. The van der Waals surface area contributed by atoms with Crippen molar-refractivity contribution in [3.05, 3.63) is 83.3 Å². The monoisotopic (exact) mass is 460 g/mol. The van der Waals surface area contributed by atoms with Crippen LogP contribution in [-0.4, -0.2) is 8.42 Å². The average Bonchev–Trinajstić information content (AvgIpc) is 3.20. The van der Waals surface area contributed by atoms with Gasteiger partial charge in [-0.05, 0) is 47.5 Å². The number of halogens is 1. The largest absolute Gasteiger partial charge is 0.456 e. The fourth-order valence-electron chi connectivity index (χ4n) is 4.11. The Balaban J connectivity index is 1.56. The van der Waals surface area contributed by atoms with E-state index in [1.54, 1.807) is 12.1 Å². The number of hydrogen-bond donors (Lipinski definition) is 0. The third-order valence-electron chi connectivity index (χ3n) is 5.50. The van der Waals surface area contributed by atoms with Gasteiger partial charge in [-0.2, -0.15) is 0 Å². The number of rotatable bonds is 1. The van der Waals surface area contributed by atoms with E-state index in [4.69, 9.17) is 4.42 Å². The van der Waals surface area contributed by atoms with Crippen LogP contribution in [0.25, 0.3) is 44.2 Å². The summed E-state index contributed by atoms with van der Waals surface area (Å²) in [7, 11) is -3.53. The van der Waals surface area contributed by atoms with Gasteiger partial charge in [0, 0.05) is 26.4 Å². The number of para-hydroxylation sites is 1. The van der Waals surface area contributed by atoms with Gasteiger partial charge >= 0.3 is 0 Å². The Kier molecular flexibility index (Phi) is 3.41. The standard InChI is InChI=1S/C24H13BrO3S/c25-16-7-9-19-18-8-5-15(12-23(18)29(26,27)24(19)13-16)14-6-10-22-20(11-14)17-3-1-2-4-21(17)28-22/h1-13H. The molecule has 5 heteroatoms. The molecule has 0 aliphatic carbocycles. The summed E-state index contributed by atoms with van der Waals surface area (Å²) in [5, 5.41) is 2.07. The van der Waals surface area contributed by atoms with Crippen molar-refractivity contribution >= 4 is 47.7 Å². The summed E-state index contributed by atoms with van der Waals surface area (Å²) in [5.74, 6) is 0. The third kappa shape index (κ3) is 2.38. The lowest BCUT2D eigenvalue weighted by atomic mass is 9.99. The topological polar surface area (TPSA) is 47.3 Å². The molecule has 29 heavy (non-hydrogen) atoms. The van der Waals surface area contributed by atoms with Crippen LogP contribution in [0.15, 0.2) is 97.5 Å². The van der Waals surface area contributed by atoms with Crippen molar-refractivity contribution in [1.29, 1.82) is 0 Å². The summed E-state index contributed by atoms with van der Waals surface area (Å²) in [4.78, 5) is 0.718. The second-order valence-corrected chi connectivity index (χ2v) is 9.97. The molecule has 0 N–H and O–H groups in total. The molecular weight excluding hydrogens is 448 g/mol. The molecule has 4 aromatic carbocycles. The van der Waals surface area contributed by atoms with Crippen molar-refractivity contribution in [3.8, 4) is 22.3 Å². The Morgan fingerprint density at radius 2 is 1.31 bits per heavy atom. The summed E-state index contributed by atoms with van der Waals surface area (Å²) < 4.78 is 32.9. The molecule has 140 valence electrons. The summed E-state index contributed by atoms with van der Waals surface area (Å²) in [6.07, 6.45) is 0. The summed E-state index contributed by atoms with van der Waals surface area (Å²) in [6, 6.07) is 25.0. The second kappa shape index (κ2) is 5.81. The van der Waals surface area contributed by atoms with Gasteiger partial charge in [0.15, 0.2) is 0 Å². The Hall–Kier alpha value is -2.89. The minimum absolute atomic E-state index is 0.357. The van der Waals surface area contributed by atoms with Gasteiger partial charge in [-0.1, -0.05) is 58.4 Å². The van der Waals surface area contributed by atoms with Gasteiger partial charge in [0.25, 0.3) is 0 Å². The van der Waals surface area contributed by atoms with E-state index >= 15 is 0 Å². The highest BCUT2D eigenvalue weighted by molar-refractivity contribution is 9.10. The first-order valence-electron chi connectivity index (χ1n) is 9.13. The highest BCUT2D eigenvalue weighted by Gasteiger charge is 2.33. The molecule has 1 aromatic heterocycles. The lowest BCUT2D eigenvalue weighted by Crippen LogP contribution is -1.97. The number of benzene rings is 4. The first-order valence-corrected chi connectivity index (χ1v) is 11.4. The minimum Gasteiger partial charge on any atom is -0.456 e. The molecular formula is C24H13BrO3S. The predicted octanol–water partition coefficient (Wildman–Crippen LogP) is 6.83. The van der Waals surface area contributed by atoms with Crippen LogP contribution in [0.1, 0.15) is 0 Å². The Morgan fingerprint density at radius 3 is 2.17 bits per heavy atom. The van der Waals surface area contributed by atoms with Gasteiger partial charge < -0.3 is 4.42 Å². The molecule has 0 atom stereocenters. The lowest BCUT2D eigenvalue weighted by molar-refractivity contribution is 0.598. The molecule has 0 spiro atoms. The van der Waals surface area contributed by atoms with Crippen molar-refractivity contribution in [2.75, 3.05) is 0 Å². The van der Waals surface area contributed by atoms with Crippen LogP contribution in [0.2, 0.25) is 0 Å². The summed E-state index contributed by atoms with van der Waals surface area (Å²) in [6.45, 7) is 0. The molecule has 2 heterocycles. The first kappa shape index (κ1) is 17.0. The molecule has 0 amide bonds. The van der Waals surface area contributed by atoms with Gasteiger partial charge in [0.05, 0.1) is 9.79 Å². The molecule has 1 aliphatic rings. The summed E-state index contributed by atoms with van der Waals surface area (Å²) >= 11 is 3.38. The molecule has 5 aromatic rings. The van der Waals surface area contributed by atoms with E-state index in [0.717, 1.165) is 48.7 Å². The van der Waals surface area contributed by atoms with Gasteiger partial charge in [0.1, 0.15) is 11.2 Å². The zero-order valence-corrected chi connectivity index (χ0v) is 17.4. The van der Waals surface area contributed by atoms with E-state index in [1.807, 2.05) is 60.7 Å². The molecule has 0 radical (unpaired) electrons. The van der Waals surface area contributed by atoms with Crippen LogP contribution >= 0.6 is 15.9 Å². The molecule has 3 nitrogen and oxygen atoms in total. The van der Waals surface area contributed by atoms with E-state index in [1.165, 1.54) is 0 Å². The Bertz CT molecular complexity index is 1580.